The van der Waals surface area contributed by atoms with Crippen LogP contribution in [0.25, 0.3) is 22.1 Å². The average Bonchev–Trinajstić information content (AvgIpc) is 3.19. The van der Waals surface area contributed by atoms with Crippen LogP contribution in [0.2, 0.25) is 0 Å². The zero-order chi connectivity index (χ0) is 20.3. The molecule has 0 amide bonds. The van der Waals surface area contributed by atoms with Gasteiger partial charge in [-0.1, -0.05) is 54.6 Å². The van der Waals surface area contributed by atoms with Crippen molar-refractivity contribution in [1.82, 2.24) is 4.90 Å². The number of nitrogens with zero attached hydrogens (tertiary/aromatic N) is 2. The van der Waals surface area contributed by atoms with E-state index in [1.54, 1.807) is 0 Å². The third-order valence-corrected chi connectivity index (χ3v) is 5.81. The second kappa shape index (κ2) is 9.41. The molecule has 0 spiro atoms. The molecule has 1 fully saturated rings. The van der Waals surface area contributed by atoms with E-state index in [9.17, 15) is 4.79 Å². The van der Waals surface area contributed by atoms with Crippen molar-refractivity contribution in [3.05, 3.63) is 89.2 Å². The van der Waals surface area contributed by atoms with Gasteiger partial charge in [-0.25, -0.2) is 4.79 Å². The molecule has 0 saturated carbocycles. The van der Waals surface area contributed by atoms with E-state index in [2.05, 4.69) is 46.2 Å². The fourth-order valence-corrected chi connectivity index (χ4v) is 4.15. The molecular formula is C25H25ClN2O3. The number of benzene rings is 3. The van der Waals surface area contributed by atoms with Gasteiger partial charge >= 0.3 is 5.82 Å². The predicted octanol–water partition coefficient (Wildman–Crippen LogP) is 4.84. The van der Waals surface area contributed by atoms with Crippen molar-refractivity contribution in [1.29, 1.82) is 0 Å². The van der Waals surface area contributed by atoms with Crippen LogP contribution in [0, 0.1) is 0 Å². The summed E-state index contributed by atoms with van der Waals surface area (Å²) in [6, 6.07) is 24.8. The van der Waals surface area contributed by atoms with Crippen LogP contribution < -0.4 is 10.7 Å². The Morgan fingerprint density at radius 1 is 0.774 bits per heavy atom. The van der Waals surface area contributed by atoms with Crippen LogP contribution in [-0.2, 0) is 6.42 Å². The van der Waals surface area contributed by atoms with Gasteiger partial charge in [0.15, 0.2) is 11.5 Å². The molecule has 0 aliphatic carbocycles. The standard InChI is InChI=1S/C25H24N2O3.ClH/c28-25-29-23(24(30-25)21-11-10-19-6-4-5-7-20(19)18-21)12-13-26-14-16-27(17-15-26)22-8-2-1-3-9-22;/h1-11,18H,12-17H2;1H. The van der Waals surface area contributed by atoms with E-state index >= 15 is 0 Å². The molecule has 1 aromatic heterocycles. The minimum atomic E-state index is -0.637. The maximum Gasteiger partial charge on any atom is 0.519 e. The van der Waals surface area contributed by atoms with E-state index in [4.69, 9.17) is 8.83 Å². The SMILES string of the molecule is Cl.O=c1oc(CCN2CCN(c3ccccc3)CC2)c(-c2ccc3ccccc3c2)o1. The third-order valence-electron chi connectivity index (χ3n) is 5.81. The van der Waals surface area contributed by atoms with Gasteiger partial charge in [0, 0.05) is 50.4 Å². The number of halogens is 1. The van der Waals surface area contributed by atoms with E-state index in [-0.39, 0.29) is 12.4 Å². The molecule has 2 heterocycles. The normalized spacial score (nSPS) is 14.5. The second-order valence-corrected chi connectivity index (χ2v) is 7.68. The Labute approximate surface area is 187 Å². The van der Waals surface area contributed by atoms with Gasteiger partial charge in [0.2, 0.25) is 0 Å². The number of fused-ring (bicyclic) bond motifs is 1. The van der Waals surface area contributed by atoms with Crippen LogP contribution in [0.5, 0.6) is 0 Å². The number of hydrogen-bond donors (Lipinski definition) is 0. The highest BCUT2D eigenvalue weighted by atomic mass is 35.5. The molecule has 1 aliphatic rings. The largest absolute Gasteiger partial charge is 0.519 e. The minimum absolute atomic E-state index is 0. The maximum absolute atomic E-state index is 11.8. The molecule has 31 heavy (non-hydrogen) atoms. The highest BCUT2D eigenvalue weighted by molar-refractivity contribution is 5.86. The lowest BCUT2D eigenvalue weighted by molar-refractivity contribution is 0.254. The molecule has 6 heteroatoms. The van der Waals surface area contributed by atoms with E-state index < -0.39 is 5.82 Å². The van der Waals surface area contributed by atoms with E-state index in [1.165, 1.54) is 5.69 Å². The first-order chi connectivity index (χ1) is 14.8. The Morgan fingerprint density at radius 3 is 2.26 bits per heavy atom. The molecule has 1 saturated heterocycles. The Hall–Kier alpha value is -3.02. The number of hydrogen-bond acceptors (Lipinski definition) is 5. The van der Waals surface area contributed by atoms with Gasteiger partial charge < -0.3 is 13.7 Å². The fourth-order valence-electron chi connectivity index (χ4n) is 4.15. The minimum Gasteiger partial charge on any atom is -0.395 e. The number of anilines is 1. The lowest BCUT2D eigenvalue weighted by Crippen LogP contribution is -2.47. The number of rotatable bonds is 5. The summed E-state index contributed by atoms with van der Waals surface area (Å²) >= 11 is 0. The van der Waals surface area contributed by atoms with Gasteiger partial charge in [-0.15, -0.1) is 12.4 Å². The summed E-state index contributed by atoms with van der Waals surface area (Å²) in [6.07, 6.45) is 0.652. The first kappa shape index (κ1) is 21.2. The highest BCUT2D eigenvalue weighted by Gasteiger charge is 2.20. The highest BCUT2D eigenvalue weighted by Crippen LogP contribution is 2.27. The van der Waals surface area contributed by atoms with Crippen molar-refractivity contribution in [3.8, 4) is 11.3 Å². The van der Waals surface area contributed by atoms with E-state index in [0.717, 1.165) is 49.1 Å². The monoisotopic (exact) mass is 436 g/mol. The summed E-state index contributed by atoms with van der Waals surface area (Å²) < 4.78 is 10.8. The summed E-state index contributed by atoms with van der Waals surface area (Å²) in [5.74, 6) is 0.538. The third kappa shape index (κ3) is 4.68. The van der Waals surface area contributed by atoms with Crippen LogP contribution in [-0.4, -0.2) is 37.6 Å². The number of para-hydroxylation sites is 1. The van der Waals surface area contributed by atoms with Crippen molar-refractivity contribution in [2.45, 2.75) is 6.42 Å². The lowest BCUT2D eigenvalue weighted by Gasteiger charge is -2.36. The van der Waals surface area contributed by atoms with Crippen molar-refractivity contribution in [2.24, 2.45) is 0 Å². The van der Waals surface area contributed by atoms with Gasteiger partial charge in [0.25, 0.3) is 0 Å². The first-order valence-corrected chi connectivity index (χ1v) is 10.4. The van der Waals surface area contributed by atoms with Crippen molar-refractivity contribution in [3.63, 3.8) is 0 Å². The Bertz CT molecular complexity index is 1190. The average molecular weight is 437 g/mol. The number of piperazine rings is 1. The summed E-state index contributed by atoms with van der Waals surface area (Å²) in [6.45, 7) is 4.81. The molecule has 0 unspecified atom stereocenters. The van der Waals surface area contributed by atoms with Gasteiger partial charge in [0.1, 0.15) is 0 Å². The van der Waals surface area contributed by atoms with Crippen LogP contribution >= 0.6 is 12.4 Å². The molecule has 5 nitrogen and oxygen atoms in total. The zero-order valence-corrected chi connectivity index (χ0v) is 18.0. The fraction of sp³-hybridized carbons (Fsp3) is 0.240. The van der Waals surface area contributed by atoms with Crippen molar-refractivity contribution >= 4 is 28.9 Å². The quantitative estimate of drug-likeness (QED) is 0.448. The van der Waals surface area contributed by atoms with Crippen molar-refractivity contribution < 1.29 is 8.83 Å². The van der Waals surface area contributed by atoms with Gasteiger partial charge in [-0.2, -0.15) is 0 Å². The Kier molecular flexibility index (Phi) is 6.44. The van der Waals surface area contributed by atoms with Crippen LogP contribution in [0.4, 0.5) is 5.69 Å². The van der Waals surface area contributed by atoms with Gasteiger partial charge in [0.05, 0.1) is 0 Å². The first-order valence-electron chi connectivity index (χ1n) is 10.4. The van der Waals surface area contributed by atoms with E-state index in [1.807, 2.05) is 36.4 Å². The smallest absolute Gasteiger partial charge is 0.395 e. The Balaban J connectivity index is 0.00000231. The van der Waals surface area contributed by atoms with Crippen LogP contribution in [0.1, 0.15) is 5.76 Å². The summed E-state index contributed by atoms with van der Waals surface area (Å²) in [4.78, 5) is 16.7. The van der Waals surface area contributed by atoms with Crippen LogP contribution in [0.3, 0.4) is 0 Å². The van der Waals surface area contributed by atoms with Crippen molar-refractivity contribution in [2.75, 3.05) is 37.6 Å². The zero-order valence-electron chi connectivity index (χ0n) is 17.2. The summed E-state index contributed by atoms with van der Waals surface area (Å²) in [5, 5.41) is 2.27. The molecule has 0 N–H and O–H groups in total. The molecule has 4 aromatic rings. The molecular weight excluding hydrogens is 412 g/mol. The molecule has 3 aromatic carbocycles. The molecule has 0 bridgehead atoms. The molecule has 5 rings (SSSR count). The summed E-state index contributed by atoms with van der Waals surface area (Å²) in [7, 11) is 0. The lowest BCUT2D eigenvalue weighted by atomic mass is 10.0. The topological polar surface area (TPSA) is 49.8 Å². The molecule has 0 radical (unpaired) electrons. The van der Waals surface area contributed by atoms with E-state index in [0.29, 0.717) is 17.9 Å². The molecule has 0 atom stereocenters. The van der Waals surface area contributed by atoms with Crippen LogP contribution in [0.15, 0.2) is 86.4 Å². The van der Waals surface area contributed by atoms with Gasteiger partial charge in [-0.05, 0) is 29.0 Å². The van der Waals surface area contributed by atoms with Gasteiger partial charge in [-0.3, -0.25) is 4.90 Å². The Morgan fingerprint density at radius 2 is 1.48 bits per heavy atom. The summed E-state index contributed by atoms with van der Waals surface area (Å²) in [5.41, 5.74) is 2.15. The predicted molar refractivity (Wildman–Crippen MR) is 126 cm³/mol. The maximum atomic E-state index is 11.8. The molecule has 1 aliphatic heterocycles. The second-order valence-electron chi connectivity index (χ2n) is 7.68. The molecule has 160 valence electrons.